The number of likely N-dealkylation sites (tertiary alicyclic amines) is 1. The fourth-order valence-corrected chi connectivity index (χ4v) is 4.22. The molecule has 1 fully saturated rings. The Morgan fingerprint density at radius 2 is 1.89 bits per heavy atom. The van der Waals surface area contributed by atoms with Crippen LogP contribution in [0, 0.1) is 5.82 Å². The topological polar surface area (TPSA) is 46.9 Å². The minimum absolute atomic E-state index is 0.188. The number of hydrogen-bond donors (Lipinski definition) is 2. The molecule has 3 heterocycles. The third-order valence-corrected chi connectivity index (χ3v) is 5.69. The summed E-state index contributed by atoms with van der Waals surface area (Å²) in [6.45, 7) is 3.49. The molecule has 144 valence electrons. The Labute approximate surface area is 159 Å². The number of hydroxylamine groups is 3. The van der Waals surface area contributed by atoms with E-state index in [1.165, 1.54) is 17.7 Å². The highest BCUT2D eigenvalue weighted by atomic mass is 19.1. The average Bonchev–Trinajstić information content (AvgIpc) is 2.90. The molecule has 1 aromatic carbocycles. The fourth-order valence-electron chi connectivity index (χ4n) is 4.22. The van der Waals surface area contributed by atoms with Gasteiger partial charge in [0.1, 0.15) is 18.9 Å². The minimum atomic E-state index is -0.268. The molecule has 0 amide bonds. The molecule has 0 saturated carbocycles. The lowest BCUT2D eigenvalue weighted by atomic mass is 10.0. The first-order valence-corrected chi connectivity index (χ1v) is 9.52. The molecule has 1 saturated heterocycles. The number of benzene rings is 1. The molecular formula is C21H27FN3O2+. The summed E-state index contributed by atoms with van der Waals surface area (Å²) in [7, 11) is 1.95. The first kappa shape index (κ1) is 18.4. The van der Waals surface area contributed by atoms with E-state index in [0.29, 0.717) is 13.1 Å². The van der Waals surface area contributed by atoms with Crippen LogP contribution >= 0.6 is 0 Å². The van der Waals surface area contributed by atoms with Crippen molar-refractivity contribution < 1.29 is 19.4 Å². The standard InChI is InChI=1S/C21H27FN3O2/c1-23-9-8-20-17(12-24-10-6-19(26)7-11-24)15-25(27,21(20)13-23)14-16-2-4-18(22)5-3-16/h2-5,8-9,13,19,26-27H,6-7,10-12,14-15H2,1H3/q+1. The van der Waals surface area contributed by atoms with Gasteiger partial charge < -0.3 is 10.0 Å². The summed E-state index contributed by atoms with van der Waals surface area (Å²) in [4.78, 5) is 4.30. The number of piperidine rings is 1. The van der Waals surface area contributed by atoms with Gasteiger partial charge in [-0.25, -0.2) is 9.60 Å². The number of nitrogens with zero attached hydrogens (tertiary/aromatic N) is 3. The van der Waals surface area contributed by atoms with E-state index in [9.17, 15) is 14.7 Å². The number of halogens is 1. The largest absolute Gasteiger partial charge is 0.393 e. The second-order valence-electron chi connectivity index (χ2n) is 7.89. The zero-order valence-corrected chi connectivity index (χ0v) is 15.7. The van der Waals surface area contributed by atoms with Gasteiger partial charge in [0.25, 0.3) is 0 Å². The summed E-state index contributed by atoms with van der Waals surface area (Å²) in [6.07, 6.45) is 7.48. The molecule has 5 nitrogen and oxygen atoms in total. The van der Waals surface area contributed by atoms with Crippen molar-refractivity contribution in [2.75, 3.05) is 33.2 Å². The summed E-state index contributed by atoms with van der Waals surface area (Å²) < 4.78 is 13.0. The second kappa shape index (κ2) is 7.20. The number of allylic oxidation sites excluding steroid dienone is 1. The predicted octanol–water partition coefficient (Wildman–Crippen LogP) is 2.60. The summed E-state index contributed by atoms with van der Waals surface area (Å²) in [5, 5.41) is 21.2. The summed E-state index contributed by atoms with van der Waals surface area (Å²) in [5.41, 5.74) is 4.10. The maximum absolute atomic E-state index is 13.2. The number of quaternary nitrogens is 1. The third-order valence-electron chi connectivity index (χ3n) is 5.69. The van der Waals surface area contributed by atoms with Crippen LogP contribution in [0.2, 0.25) is 0 Å². The van der Waals surface area contributed by atoms with Crippen molar-refractivity contribution in [2.45, 2.75) is 25.5 Å². The lowest BCUT2D eigenvalue weighted by Gasteiger charge is -2.30. The molecule has 4 rings (SSSR count). The van der Waals surface area contributed by atoms with Crippen molar-refractivity contribution in [1.29, 1.82) is 0 Å². The van der Waals surface area contributed by atoms with E-state index < -0.39 is 0 Å². The predicted molar refractivity (Wildman–Crippen MR) is 101 cm³/mol. The second-order valence-corrected chi connectivity index (χ2v) is 7.89. The Balaban J connectivity index is 1.57. The van der Waals surface area contributed by atoms with Crippen LogP contribution in [0.3, 0.4) is 0 Å². The van der Waals surface area contributed by atoms with E-state index >= 15 is 0 Å². The zero-order valence-electron chi connectivity index (χ0n) is 15.7. The van der Waals surface area contributed by atoms with Crippen molar-refractivity contribution in [3.05, 3.63) is 71.0 Å². The van der Waals surface area contributed by atoms with Gasteiger partial charge in [0.2, 0.25) is 0 Å². The fraction of sp³-hybridized carbons (Fsp3) is 0.429. The van der Waals surface area contributed by atoms with Crippen molar-refractivity contribution in [3.63, 3.8) is 0 Å². The molecular weight excluding hydrogens is 345 g/mol. The van der Waals surface area contributed by atoms with Crippen LogP contribution in [-0.2, 0) is 6.54 Å². The van der Waals surface area contributed by atoms with Gasteiger partial charge in [-0.05, 0) is 31.1 Å². The van der Waals surface area contributed by atoms with Gasteiger partial charge in [-0.2, -0.15) is 0 Å². The first-order valence-electron chi connectivity index (χ1n) is 9.52. The van der Waals surface area contributed by atoms with Crippen LogP contribution in [0.1, 0.15) is 18.4 Å². The van der Waals surface area contributed by atoms with Gasteiger partial charge in [0.05, 0.1) is 12.3 Å². The average molecular weight is 372 g/mol. The van der Waals surface area contributed by atoms with E-state index in [1.807, 2.05) is 24.3 Å². The Kier molecular flexibility index (Phi) is 4.90. The van der Waals surface area contributed by atoms with Gasteiger partial charge in [0, 0.05) is 49.6 Å². The van der Waals surface area contributed by atoms with Crippen LogP contribution in [0.25, 0.3) is 0 Å². The molecule has 0 radical (unpaired) electrons. The highest BCUT2D eigenvalue weighted by molar-refractivity contribution is 5.46. The monoisotopic (exact) mass is 372 g/mol. The van der Waals surface area contributed by atoms with E-state index in [2.05, 4.69) is 11.0 Å². The normalized spacial score (nSPS) is 26.5. The van der Waals surface area contributed by atoms with Crippen molar-refractivity contribution in [2.24, 2.45) is 0 Å². The smallest absolute Gasteiger partial charge is 0.189 e. The van der Waals surface area contributed by atoms with Gasteiger partial charge >= 0.3 is 0 Å². The molecule has 0 aromatic heterocycles. The number of hydrogen-bond acceptors (Lipinski definition) is 4. The quantitative estimate of drug-likeness (QED) is 0.798. The molecule has 27 heavy (non-hydrogen) atoms. The molecule has 0 bridgehead atoms. The zero-order chi connectivity index (χ0) is 19.0. The molecule has 2 N–H and O–H groups in total. The number of rotatable bonds is 4. The molecule has 3 aliphatic rings. The highest BCUT2D eigenvalue weighted by Crippen LogP contribution is 2.39. The van der Waals surface area contributed by atoms with E-state index in [1.54, 1.807) is 12.1 Å². The van der Waals surface area contributed by atoms with Crippen LogP contribution in [-0.4, -0.2) is 64.1 Å². The Hall–Kier alpha value is -1.99. The Bertz CT molecular complexity index is 794. The van der Waals surface area contributed by atoms with Gasteiger partial charge in [0.15, 0.2) is 5.70 Å². The van der Waals surface area contributed by atoms with Gasteiger partial charge in [-0.15, -0.1) is 4.65 Å². The summed E-state index contributed by atoms with van der Waals surface area (Å²) >= 11 is 0. The van der Waals surface area contributed by atoms with Gasteiger partial charge in [-0.1, -0.05) is 12.1 Å². The van der Waals surface area contributed by atoms with E-state index in [-0.39, 0.29) is 16.6 Å². The van der Waals surface area contributed by atoms with Crippen LogP contribution in [0.15, 0.2) is 59.6 Å². The molecule has 1 aromatic rings. The number of aliphatic hydroxyl groups excluding tert-OH is 1. The maximum atomic E-state index is 13.2. The Morgan fingerprint density at radius 1 is 1.19 bits per heavy atom. The lowest BCUT2D eigenvalue weighted by Crippen LogP contribution is -2.43. The van der Waals surface area contributed by atoms with Crippen LogP contribution < -0.4 is 0 Å². The highest BCUT2D eigenvalue weighted by Gasteiger charge is 2.44. The summed E-state index contributed by atoms with van der Waals surface area (Å²) in [6, 6.07) is 6.34. The van der Waals surface area contributed by atoms with E-state index in [0.717, 1.165) is 49.3 Å². The first-order chi connectivity index (χ1) is 12.9. The van der Waals surface area contributed by atoms with Gasteiger partial charge in [-0.3, -0.25) is 4.90 Å². The number of fused-ring (bicyclic) bond motifs is 1. The SMILES string of the molecule is CN1C=CC2=C(CN3CCC(O)CC3)C[N+](O)(Cc3ccc(F)cc3)C2=C1. The lowest BCUT2D eigenvalue weighted by molar-refractivity contribution is -1.08. The van der Waals surface area contributed by atoms with E-state index in [4.69, 9.17) is 0 Å². The summed E-state index contributed by atoms with van der Waals surface area (Å²) in [5.74, 6) is -0.268. The van der Waals surface area contributed by atoms with Crippen molar-refractivity contribution in [3.8, 4) is 0 Å². The molecule has 1 unspecified atom stereocenters. The molecule has 0 spiro atoms. The van der Waals surface area contributed by atoms with Crippen LogP contribution in [0.4, 0.5) is 4.39 Å². The molecule has 3 aliphatic heterocycles. The maximum Gasteiger partial charge on any atom is 0.189 e. The number of aliphatic hydroxyl groups is 1. The minimum Gasteiger partial charge on any atom is -0.393 e. The molecule has 6 heteroatoms. The van der Waals surface area contributed by atoms with Crippen molar-refractivity contribution >= 4 is 0 Å². The third kappa shape index (κ3) is 3.84. The van der Waals surface area contributed by atoms with Crippen molar-refractivity contribution in [1.82, 2.24) is 9.80 Å². The van der Waals surface area contributed by atoms with Crippen LogP contribution in [0.5, 0.6) is 0 Å². The molecule has 0 aliphatic carbocycles. The molecule has 1 atom stereocenters. The Morgan fingerprint density at radius 3 is 2.59 bits per heavy atom.